The summed E-state index contributed by atoms with van der Waals surface area (Å²) in [5, 5.41) is 27.7. The topological polar surface area (TPSA) is 119 Å². The summed E-state index contributed by atoms with van der Waals surface area (Å²) in [4.78, 5) is 43.3. The molecule has 0 radical (unpaired) electrons. The maximum Gasteiger partial charge on any atom is 0.475 e. The molecular formula is C33H48BN3O5S. The summed E-state index contributed by atoms with van der Waals surface area (Å²) in [6, 6.07) is 11.9. The number of likely N-dealkylation sites (tertiary alicyclic amines) is 1. The van der Waals surface area contributed by atoms with E-state index in [4.69, 9.17) is 0 Å². The van der Waals surface area contributed by atoms with Gasteiger partial charge >= 0.3 is 7.12 Å². The van der Waals surface area contributed by atoms with Crippen molar-refractivity contribution < 1.29 is 24.4 Å². The van der Waals surface area contributed by atoms with E-state index in [1.807, 2.05) is 50.2 Å². The number of carbonyl (C=O) groups is 3. The van der Waals surface area contributed by atoms with Crippen molar-refractivity contribution in [1.29, 1.82) is 0 Å². The average Bonchev–Trinajstić information content (AvgIpc) is 3.37. The molecule has 2 aromatic rings. The fourth-order valence-corrected chi connectivity index (χ4v) is 7.98. The van der Waals surface area contributed by atoms with Gasteiger partial charge in [0.1, 0.15) is 12.1 Å². The molecule has 2 aliphatic rings. The van der Waals surface area contributed by atoms with Gasteiger partial charge in [-0.25, -0.2) is 0 Å². The molecule has 234 valence electrons. The lowest BCUT2D eigenvalue weighted by molar-refractivity contribution is -0.140. The zero-order chi connectivity index (χ0) is 31.3. The molecule has 2 aromatic carbocycles. The van der Waals surface area contributed by atoms with E-state index >= 15 is 0 Å². The van der Waals surface area contributed by atoms with Crippen LogP contribution in [-0.4, -0.2) is 74.4 Å². The van der Waals surface area contributed by atoms with E-state index in [9.17, 15) is 24.4 Å². The van der Waals surface area contributed by atoms with Crippen molar-refractivity contribution in [2.45, 2.75) is 108 Å². The van der Waals surface area contributed by atoms with Crippen LogP contribution in [0.5, 0.6) is 0 Å². The van der Waals surface area contributed by atoms with Gasteiger partial charge in [0.15, 0.2) is 0 Å². The van der Waals surface area contributed by atoms with Gasteiger partial charge in [-0.05, 0) is 47.6 Å². The predicted molar refractivity (Wildman–Crippen MR) is 175 cm³/mol. The first kappa shape index (κ1) is 33.3. The van der Waals surface area contributed by atoms with Crippen LogP contribution in [0.2, 0.25) is 0 Å². The van der Waals surface area contributed by atoms with Crippen molar-refractivity contribution in [2.24, 2.45) is 11.8 Å². The number of fused-ring (bicyclic) bond motifs is 1. The van der Waals surface area contributed by atoms with Gasteiger partial charge in [0, 0.05) is 22.1 Å². The lowest BCUT2D eigenvalue weighted by Gasteiger charge is -2.32. The Bertz CT molecular complexity index is 1270. The number of hydrogen-bond donors (Lipinski definition) is 4. The van der Waals surface area contributed by atoms with Gasteiger partial charge in [-0.2, -0.15) is 11.8 Å². The van der Waals surface area contributed by atoms with Gasteiger partial charge in [-0.1, -0.05) is 97.1 Å². The molecule has 1 aliphatic carbocycles. The Morgan fingerprint density at radius 1 is 1.00 bits per heavy atom. The van der Waals surface area contributed by atoms with Crippen LogP contribution in [0.25, 0.3) is 10.8 Å². The first-order valence-electron chi connectivity index (χ1n) is 15.8. The number of nitrogens with zero attached hydrogens (tertiary/aromatic N) is 1. The molecule has 0 unspecified atom stereocenters. The highest BCUT2D eigenvalue weighted by atomic mass is 32.2. The van der Waals surface area contributed by atoms with Crippen LogP contribution in [0.15, 0.2) is 42.5 Å². The van der Waals surface area contributed by atoms with Crippen molar-refractivity contribution in [3.8, 4) is 0 Å². The molecule has 4 atom stereocenters. The predicted octanol–water partition coefficient (Wildman–Crippen LogP) is 4.56. The van der Waals surface area contributed by atoms with E-state index in [0.29, 0.717) is 30.9 Å². The van der Waals surface area contributed by atoms with Crippen molar-refractivity contribution in [2.75, 3.05) is 6.54 Å². The summed E-state index contributed by atoms with van der Waals surface area (Å²) in [7, 11) is -1.71. The highest BCUT2D eigenvalue weighted by molar-refractivity contribution is 8.01. The zero-order valence-corrected chi connectivity index (χ0v) is 27.0. The van der Waals surface area contributed by atoms with Crippen LogP contribution >= 0.6 is 11.8 Å². The Morgan fingerprint density at radius 3 is 2.30 bits per heavy atom. The van der Waals surface area contributed by atoms with Crippen LogP contribution in [0.4, 0.5) is 0 Å². The molecule has 1 aliphatic heterocycles. The Kier molecular flexibility index (Phi) is 11.2. The maximum absolute atomic E-state index is 14.4. The van der Waals surface area contributed by atoms with Gasteiger partial charge in [0.05, 0.1) is 5.94 Å². The molecule has 4 N–H and O–H groups in total. The second-order valence-electron chi connectivity index (χ2n) is 13.6. The Balaban J connectivity index is 1.60. The van der Waals surface area contributed by atoms with E-state index in [2.05, 4.69) is 31.4 Å². The molecule has 2 fully saturated rings. The van der Waals surface area contributed by atoms with Crippen LogP contribution in [0.1, 0.15) is 89.9 Å². The fraction of sp³-hybridized carbons (Fsp3) is 0.606. The van der Waals surface area contributed by atoms with Crippen LogP contribution in [0.3, 0.4) is 0 Å². The van der Waals surface area contributed by atoms with Crippen molar-refractivity contribution >= 4 is 47.4 Å². The first-order chi connectivity index (χ1) is 20.3. The highest BCUT2D eigenvalue weighted by Gasteiger charge is 2.45. The lowest BCUT2D eigenvalue weighted by Crippen LogP contribution is -2.57. The summed E-state index contributed by atoms with van der Waals surface area (Å²) in [5.74, 6) is -1.69. The summed E-state index contributed by atoms with van der Waals surface area (Å²) in [5.41, 5.74) is 0.494. The number of thioether (sulfide) groups is 1. The molecular weight excluding hydrogens is 561 g/mol. The first-order valence-corrected chi connectivity index (χ1v) is 16.6. The molecule has 0 bridgehead atoms. The molecule has 1 saturated carbocycles. The molecule has 1 heterocycles. The van der Waals surface area contributed by atoms with Gasteiger partial charge in [0.2, 0.25) is 11.8 Å². The van der Waals surface area contributed by atoms with Crippen LogP contribution in [0, 0.1) is 11.8 Å². The highest BCUT2D eigenvalue weighted by Crippen LogP contribution is 2.37. The molecule has 10 heteroatoms. The normalized spacial score (nSPS) is 21.1. The van der Waals surface area contributed by atoms with E-state index in [1.54, 1.807) is 22.7 Å². The third-order valence-corrected chi connectivity index (χ3v) is 10.0. The Hall–Kier alpha value is -2.56. The summed E-state index contributed by atoms with van der Waals surface area (Å²) < 4.78 is -0.0711. The third-order valence-electron chi connectivity index (χ3n) is 8.63. The SMILES string of the molecule is CC(C)[C@H](NC(=O)[C@@H]1C[C@@H](SC(C)(C)C)CN1C(=O)[C@@H](CC1CCCCC1)NC(=O)c1ccc2ccccc2c1)B(O)O. The van der Waals surface area contributed by atoms with E-state index in [-0.39, 0.29) is 27.7 Å². The zero-order valence-electron chi connectivity index (χ0n) is 26.2. The standard InChI is InChI=1S/C33H48BN3O5S/c1-21(2)29(34(41)42)36-31(39)28-19-26(43-33(3,4)5)20-37(28)32(40)27(17-22-11-7-6-8-12-22)35-30(38)25-16-15-23-13-9-10-14-24(23)18-25/h9-10,13-16,18,21-22,26-29,41-42H,6-8,11-12,17,19-20H2,1-5H3,(H,35,38)(H,36,39)/t26-,27-,28+,29+/m1/s1. The minimum atomic E-state index is -1.71. The van der Waals surface area contributed by atoms with Crippen LogP contribution < -0.4 is 10.6 Å². The maximum atomic E-state index is 14.4. The van der Waals surface area contributed by atoms with E-state index in [0.717, 1.165) is 36.5 Å². The van der Waals surface area contributed by atoms with Gasteiger partial charge in [0.25, 0.3) is 5.91 Å². The summed E-state index contributed by atoms with van der Waals surface area (Å²) in [6.45, 7) is 10.3. The number of nitrogens with one attached hydrogen (secondary N) is 2. The Morgan fingerprint density at radius 2 is 1.67 bits per heavy atom. The molecule has 3 amide bonds. The van der Waals surface area contributed by atoms with Gasteiger partial charge < -0.3 is 25.6 Å². The van der Waals surface area contributed by atoms with E-state index in [1.165, 1.54) is 6.42 Å². The monoisotopic (exact) mass is 609 g/mol. The van der Waals surface area contributed by atoms with Gasteiger partial charge in [-0.3, -0.25) is 14.4 Å². The van der Waals surface area contributed by atoms with Crippen LogP contribution in [-0.2, 0) is 9.59 Å². The summed E-state index contributed by atoms with van der Waals surface area (Å²) in [6.07, 6.45) is 6.45. The smallest absolute Gasteiger partial charge is 0.426 e. The van der Waals surface area contributed by atoms with Crippen molar-refractivity contribution in [1.82, 2.24) is 15.5 Å². The molecule has 8 nitrogen and oxygen atoms in total. The average molecular weight is 610 g/mol. The second kappa shape index (κ2) is 14.5. The summed E-state index contributed by atoms with van der Waals surface area (Å²) >= 11 is 1.74. The minimum absolute atomic E-state index is 0.0303. The molecule has 43 heavy (non-hydrogen) atoms. The lowest BCUT2D eigenvalue weighted by atomic mass is 9.73. The van der Waals surface area contributed by atoms with E-state index < -0.39 is 31.1 Å². The van der Waals surface area contributed by atoms with Gasteiger partial charge in [-0.15, -0.1) is 0 Å². The molecule has 0 spiro atoms. The van der Waals surface area contributed by atoms with Crippen molar-refractivity contribution in [3.05, 3.63) is 48.0 Å². The molecule has 4 rings (SSSR count). The number of carbonyl (C=O) groups excluding carboxylic acids is 3. The largest absolute Gasteiger partial charge is 0.475 e. The number of hydrogen-bond acceptors (Lipinski definition) is 6. The molecule has 1 saturated heterocycles. The third kappa shape index (κ3) is 8.99. The fourth-order valence-electron chi connectivity index (χ4n) is 6.47. The second-order valence-corrected chi connectivity index (χ2v) is 15.7. The number of benzene rings is 2. The quantitative estimate of drug-likeness (QED) is 0.294. The minimum Gasteiger partial charge on any atom is -0.426 e. The molecule has 0 aromatic heterocycles. The number of amides is 3. The Labute approximate surface area is 260 Å². The number of rotatable bonds is 10. The van der Waals surface area contributed by atoms with Crippen molar-refractivity contribution in [3.63, 3.8) is 0 Å².